The maximum Gasteiger partial charge on any atom is 0.125 e. The zero-order valence-corrected chi connectivity index (χ0v) is 12.7. The topological polar surface area (TPSA) is 29.5 Å². The Morgan fingerprint density at radius 3 is 2.40 bits per heavy atom. The average Bonchev–Trinajstić information content (AvgIpc) is 2.38. The van der Waals surface area contributed by atoms with Gasteiger partial charge in [0.25, 0.3) is 0 Å². The molecule has 0 radical (unpaired) electrons. The number of hydrogen-bond donors (Lipinski definition) is 1. The van der Waals surface area contributed by atoms with Gasteiger partial charge >= 0.3 is 0 Å². The molecule has 0 aliphatic rings. The Balaban J connectivity index is 2.18. The van der Waals surface area contributed by atoms with Crippen LogP contribution < -0.4 is 4.74 Å². The Hall–Kier alpha value is -1.51. The van der Waals surface area contributed by atoms with Gasteiger partial charge in [0.1, 0.15) is 12.4 Å². The van der Waals surface area contributed by atoms with Crippen LogP contribution in [0.1, 0.15) is 35.3 Å². The molecule has 3 heteroatoms. The Kier molecular flexibility index (Phi) is 4.69. The summed E-state index contributed by atoms with van der Waals surface area (Å²) in [6.07, 6.45) is -0.557. The molecule has 1 N–H and O–H groups in total. The first-order valence-corrected chi connectivity index (χ1v) is 7.01. The molecular formula is C17H19ClO2. The van der Waals surface area contributed by atoms with Crippen LogP contribution in [0.15, 0.2) is 36.4 Å². The van der Waals surface area contributed by atoms with Crippen molar-refractivity contribution in [2.45, 2.75) is 33.5 Å². The Labute approximate surface area is 125 Å². The average molecular weight is 291 g/mol. The van der Waals surface area contributed by atoms with E-state index in [9.17, 15) is 5.11 Å². The summed E-state index contributed by atoms with van der Waals surface area (Å²) >= 11 is 6.19. The number of ether oxygens (including phenoxy) is 1. The van der Waals surface area contributed by atoms with E-state index in [2.05, 4.69) is 0 Å². The van der Waals surface area contributed by atoms with E-state index in [0.29, 0.717) is 17.4 Å². The summed E-state index contributed by atoms with van der Waals surface area (Å²) in [4.78, 5) is 0. The highest BCUT2D eigenvalue weighted by molar-refractivity contribution is 6.31. The van der Waals surface area contributed by atoms with Gasteiger partial charge in [-0.3, -0.25) is 0 Å². The fraction of sp³-hybridized carbons (Fsp3) is 0.294. The number of aliphatic hydroxyl groups is 1. The van der Waals surface area contributed by atoms with Crippen molar-refractivity contribution in [1.82, 2.24) is 0 Å². The third kappa shape index (κ3) is 3.53. The lowest BCUT2D eigenvalue weighted by Crippen LogP contribution is -2.02. The molecule has 0 amide bonds. The van der Waals surface area contributed by atoms with E-state index in [4.69, 9.17) is 16.3 Å². The molecule has 2 rings (SSSR count). The molecule has 0 spiro atoms. The molecule has 0 aliphatic heterocycles. The summed E-state index contributed by atoms with van der Waals surface area (Å²) < 4.78 is 5.82. The Morgan fingerprint density at radius 1 is 1.10 bits per heavy atom. The minimum atomic E-state index is -0.557. The second-order valence-corrected chi connectivity index (χ2v) is 5.51. The smallest absolute Gasteiger partial charge is 0.125 e. The molecule has 1 unspecified atom stereocenters. The van der Waals surface area contributed by atoms with Crippen LogP contribution in [0, 0.1) is 13.8 Å². The van der Waals surface area contributed by atoms with Crippen molar-refractivity contribution in [3.8, 4) is 5.75 Å². The third-order valence-electron chi connectivity index (χ3n) is 3.21. The second kappa shape index (κ2) is 6.29. The van der Waals surface area contributed by atoms with Gasteiger partial charge < -0.3 is 9.84 Å². The predicted octanol–water partition coefficient (Wildman–Crippen LogP) is 4.59. The molecule has 106 valence electrons. The van der Waals surface area contributed by atoms with Gasteiger partial charge in [-0.2, -0.15) is 0 Å². The van der Waals surface area contributed by atoms with E-state index < -0.39 is 6.10 Å². The van der Waals surface area contributed by atoms with Crippen LogP contribution in [-0.4, -0.2) is 5.11 Å². The van der Waals surface area contributed by atoms with Crippen LogP contribution >= 0.6 is 11.6 Å². The summed E-state index contributed by atoms with van der Waals surface area (Å²) in [5.41, 5.74) is 3.96. The van der Waals surface area contributed by atoms with Gasteiger partial charge in [0.05, 0.1) is 6.10 Å². The minimum absolute atomic E-state index is 0.391. The fourth-order valence-corrected chi connectivity index (χ4v) is 2.34. The molecule has 0 aliphatic carbocycles. The highest BCUT2D eigenvalue weighted by Crippen LogP contribution is 2.28. The lowest BCUT2D eigenvalue weighted by atomic mass is 10.1. The van der Waals surface area contributed by atoms with Crippen LogP contribution in [0.3, 0.4) is 0 Å². The summed E-state index contributed by atoms with van der Waals surface area (Å²) in [7, 11) is 0. The quantitative estimate of drug-likeness (QED) is 0.892. The lowest BCUT2D eigenvalue weighted by Gasteiger charge is -2.15. The standard InChI is InChI=1S/C17H19ClO2/c1-11-5-7-17(15(8-11)13(3)19)20-10-14-6-4-12(2)9-16(14)18/h4-9,13,19H,10H2,1-3H3. The van der Waals surface area contributed by atoms with E-state index in [1.165, 1.54) is 0 Å². The summed E-state index contributed by atoms with van der Waals surface area (Å²) in [6.45, 7) is 6.12. The lowest BCUT2D eigenvalue weighted by molar-refractivity contribution is 0.190. The number of benzene rings is 2. The number of rotatable bonds is 4. The van der Waals surface area contributed by atoms with E-state index in [0.717, 1.165) is 22.3 Å². The molecule has 0 saturated carbocycles. The largest absolute Gasteiger partial charge is 0.488 e. The van der Waals surface area contributed by atoms with Crippen LogP contribution in [0.5, 0.6) is 5.75 Å². The van der Waals surface area contributed by atoms with Crippen LogP contribution in [0.2, 0.25) is 5.02 Å². The van der Waals surface area contributed by atoms with Crippen molar-refractivity contribution in [1.29, 1.82) is 0 Å². The SMILES string of the molecule is Cc1ccc(COc2ccc(C)cc2C(C)O)c(Cl)c1. The van der Waals surface area contributed by atoms with Gasteiger partial charge in [0.2, 0.25) is 0 Å². The van der Waals surface area contributed by atoms with E-state index in [1.807, 2.05) is 50.2 Å². The molecule has 1 atom stereocenters. The van der Waals surface area contributed by atoms with Crippen molar-refractivity contribution < 1.29 is 9.84 Å². The highest BCUT2D eigenvalue weighted by atomic mass is 35.5. The first-order valence-electron chi connectivity index (χ1n) is 6.64. The minimum Gasteiger partial charge on any atom is -0.488 e. The summed E-state index contributed by atoms with van der Waals surface area (Å²) in [5.74, 6) is 0.697. The molecular weight excluding hydrogens is 272 g/mol. The highest BCUT2D eigenvalue weighted by Gasteiger charge is 2.10. The predicted molar refractivity (Wildman–Crippen MR) is 82.3 cm³/mol. The van der Waals surface area contributed by atoms with Gasteiger partial charge in [-0.05, 0) is 44.5 Å². The molecule has 2 nitrogen and oxygen atoms in total. The number of aryl methyl sites for hydroxylation is 2. The van der Waals surface area contributed by atoms with E-state index in [1.54, 1.807) is 6.92 Å². The fourth-order valence-electron chi connectivity index (χ4n) is 2.05. The maximum atomic E-state index is 9.81. The van der Waals surface area contributed by atoms with Gasteiger partial charge in [-0.25, -0.2) is 0 Å². The van der Waals surface area contributed by atoms with E-state index in [-0.39, 0.29) is 0 Å². The summed E-state index contributed by atoms with van der Waals surface area (Å²) in [5, 5.41) is 10.5. The Bertz CT molecular complexity index is 606. The van der Waals surface area contributed by atoms with Crippen LogP contribution in [0.4, 0.5) is 0 Å². The zero-order chi connectivity index (χ0) is 14.7. The van der Waals surface area contributed by atoms with Crippen LogP contribution in [0.25, 0.3) is 0 Å². The van der Waals surface area contributed by atoms with E-state index >= 15 is 0 Å². The van der Waals surface area contributed by atoms with Crippen molar-refractivity contribution in [3.63, 3.8) is 0 Å². The molecule has 0 saturated heterocycles. The molecule has 20 heavy (non-hydrogen) atoms. The molecule has 2 aromatic rings. The third-order valence-corrected chi connectivity index (χ3v) is 3.56. The zero-order valence-electron chi connectivity index (χ0n) is 12.0. The monoisotopic (exact) mass is 290 g/mol. The van der Waals surface area contributed by atoms with Crippen molar-refractivity contribution in [3.05, 3.63) is 63.7 Å². The van der Waals surface area contributed by atoms with Gasteiger partial charge in [0, 0.05) is 16.1 Å². The van der Waals surface area contributed by atoms with Gasteiger partial charge in [0.15, 0.2) is 0 Å². The summed E-state index contributed by atoms with van der Waals surface area (Å²) in [6, 6.07) is 11.7. The number of aliphatic hydroxyl groups excluding tert-OH is 1. The maximum absolute atomic E-state index is 9.81. The Morgan fingerprint density at radius 2 is 1.75 bits per heavy atom. The molecule has 2 aromatic carbocycles. The van der Waals surface area contributed by atoms with Crippen LogP contribution in [-0.2, 0) is 6.61 Å². The molecule has 0 bridgehead atoms. The normalized spacial score (nSPS) is 12.2. The molecule has 0 aromatic heterocycles. The molecule has 0 fully saturated rings. The van der Waals surface area contributed by atoms with Crippen molar-refractivity contribution in [2.24, 2.45) is 0 Å². The van der Waals surface area contributed by atoms with Crippen molar-refractivity contribution in [2.75, 3.05) is 0 Å². The van der Waals surface area contributed by atoms with Gasteiger partial charge in [-0.1, -0.05) is 35.4 Å². The van der Waals surface area contributed by atoms with Gasteiger partial charge in [-0.15, -0.1) is 0 Å². The first kappa shape index (κ1) is 14.9. The first-order chi connectivity index (χ1) is 9.47. The second-order valence-electron chi connectivity index (χ2n) is 5.10. The van der Waals surface area contributed by atoms with Crippen molar-refractivity contribution >= 4 is 11.6 Å². The number of hydrogen-bond acceptors (Lipinski definition) is 2. The number of halogens is 1. The molecule has 0 heterocycles.